The van der Waals surface area contributed by atoms with Gasteiger partial charge in [-0.1, -0.05) is 51.9 Å². The number of nitrogens with one attached hydrogen (secondary N) is 1. The molecule has 1 heterocycles. The Morgan fingerprint density at radius 3 is 2.47 bits per heavy atom. The summed E-state index contributed by atoms with van der Waals surface area (Å²) >= 11 is 5.09. The van der Waals surface area contributed by atoms with Crippen LogP contribution in [0.2, 0.25) is 0 Å². The first-order valence-electron chi connectivity index (χ1n) is 7.11. The molecule has 0 fully saturated rings. The lowest BCUT2D eigenvalue weighted by molar-refractivity contribution is 0.586. The Labute approximate surface area is 128 Å². The molecule has 0 aliphatic rings. The summed E-state index contributed by atoms with van der Waals surface area (Å²) in [5.74, 6) is 1.05. The molecule has 1 N–H and O–H groups in total. The molecule has 0 radical (unpaired) electrons. The number of unbranched alkanes of at least 4 members (excludes halogenated alkanes) is 7. The largest absolute Gasteiger partial charge is 0.345 e. The molecule has 1 aromatic rings. The monoisotopic (exact) mass is 346 g/mol. The van der Waals surface area contributed by atoms with Gasteiger partial charge < -0.3 is 0 Å². The summed E-state index contributed by atoms with van der Waals surface area (Å²) in [6.07, 6.45) is 12.2. The third kappa shape index (κ3) is 7.78. The Hall–Kier alpha value is -0.290. The van der Waals surface area contributed by atoms with Crippen LogP contribution in [0.5, 0.6) is 0 Å². The van der Waals surface area contributed by atoms with Crippen LogP contribution in [-0.2, 0) is 0 Å². The molecule has 0 bridgehead atoms. The molecule has 0 spiro atoms. The second-order valence-corrected chi connectivity index (χ2v) is 6.65. The maximum atomic E-state index is 11.1. The Balaban J connectivity index is 2.04. The third-order valence-corrected chi connectivity index (χ3v) is 4.94. The Bertz CT molecular complexity index is 409. The zero-order valence-corrected chi connectivity index (χ0v) is 14.0. The molecule has 0 amide bonds. The van der Waals surface area contributed by atoms with E-state index in [0.717, 1.165) is 15.3 Å². The smallest absolute Gasteiger partial charge is 0.299 e. The van der Waals surface area contributed by atoms with Gasteiger partial charge in [0.1, 0.15) is 0 Å². The molecule has 3 nitrogen and oxygen atoms in total. The van der Waals surface area contributed by atoms with Gasteiger partial charge in [0.05, 0.1) is 9.50 Å². The van der Waals surface area contributed by atoms with Crippen LogP contribution in [-0.4, -0.2) is 15.7 Å². The van der Waals surface area contributed by atoms with Gasteiger partial charge in [-0.25, -0.2) is 9.78 Å². The molecule has 0 saturated carbocycles. The predicted molar refractivity (Wildman–Crippen MR) is 85.9 cm³/mol. The maximum absolute atomic E-state index is 11.1. The summed E-state index contributed by atoms with van der Waals surface area (Å²) in [5, 5.41) is 0.892. The fourth-order valence-corrected chi connectivity index (χ4v) is 3.33. The summed E-state index contributed by atoms with van der Waals surface area (Å²) in [6.45, 7) is 2.25. The molecular formula is C14H23BrN2OS. The topological polar surface area (TPSA) is 45.8 Å². The second kappa shape index (κ2) is 10.5. The van der Waals surface area contributed by atoms with E-state index in [1.165, 1.54) is 51.4 Å². The number of hydrogen-bond acceptors (Lipinski definition) is 3. The van der Waals surface area contributed by atoms with Gasteiger partial charge in [0.15, 0.2) is 0 Å². The van der Waals surface area contributed by atoms with Gasteiger partial charge in [-0.3, -0.25) is 4.98 Å². The first kappa shape index (κ1) is 16.8. The van der Waals surface area contributed by atoms with E-state index in [1.807, 2.05) is 0 Å². The lowest BCUT2D eigenvalue weighted by Gasteiger charge is -2.03. The van der Waals surface area contributed by atoms with Crippen molar-refractivity contribution < 1.29 is 0 Å². The zero-order chi connectivity index (χ0) is 13.9. The molecule has 0 aromatic carbocycles. The minimum absolute atomic E-state index is 0.276. The van der Waals surface area contributed by atoms with Crippen LogP contribution >= 0.6 is 27.7 Å². The van der Waals surface area contributed by atoms with E-state index >= 15 is 0 Å². The molecule has 0 aliphatic carbocycles. The van der Waals surface area contributed by atoms with Gasteiger partial charge in [-0.15, -0.1) is 11.8 Å². The highest BCUT2D eigenvalue weighted by Crippen LogP contribution is 2.24. The molecule has 5 heteroatoms. The lowest BCUT2D eigenvalue weighted by Crippen LogP contribution is -2.10. The van der Waals surface area contributed by atoms with Crippen molar-refractivity contribution in [3.8, 4) is 0 Å². The number of aromatic nitrogens is 2. The molecule has 0 aliphatic heterocycles. The Morgan fingerprint density at radius 2 is 1.79 bits per heavy atom. The number of H-pyrrole nitrogens is 1. The van der Waals surface area contributed by atoms with Crippen molar-refractivity contribution in [2.75, 3.05) is 5.75 Å². The molecule has 19 heavy (non-hydrogen) atoms. The van der Waals surface area contributed by atoms with Crippen molar-refractivity contribution in [3.05, 3.63) is 21.2 Å². The summed E-state index contributed by atoms with van der Waals surface area (Å²) in [4.78, 5) is 17.5. The predicted octanol–water partition coefficient (Wildman–Crippen LogP) is 4.77. The molecule has 108 valence electrons. The van der Waals surface area contributed by atoms with Crippen LogP contribution in [0.15, 0.2) is 20.5 Å². The van der Waals surface area contributed by atoms with Crippen molar-refractivity contribution in [1.29, 1.82) is 0 Å². The van der Waals surface area contributed by atoms with Crippen LogP contribution < -0.4 is 5.69 Å². The summed E-state index contributed by atoms with van der Waals surface area (Å²) in [6, 6.07) is 0. The van der Waals surface area contributed by atoms with E-state index in [-0.39, 0.29) is 5.69 Å². The highest BCUT2D eigenvalue weighted by atomic mass is 79.9. The van der Waals surface area contributed by atoms with Crippen molar-refractivity contribution in [3.63, 3.8) is 0 Å². The Morgan fingerprint density at radius 1 is 1.16 bits per heavy atom. The first-order valence-corrected chi connectivity index (χ1v) is 8.89. The molecule has 0 unspecified atom stereocenters. The van der Waals surface area contributed by atoms with Crippen LogP contribution in [0.3, 0.4) is 0 Å². The summed E-state index contributed by atoms with van der Waals surface area (Å²) in [5.41, 5.74) is -0.276. The van der Waals surface area contributed by atoms with E-state index in [9.17, 15) is 4.79 Å². The number of hydrogen-bond donors (Lipinski definition) is 1. The minimum atomic E-state index is -0.276. The maximum Gasteiger partial charge on any atom is 0.345 e. The molecule has 1 rings (SSSR count). The quantitative estimate of drug-likeness (QED) is 0.377. The second-order valence-electron chi connectivity index (χ2n) is 4.69. The molecular weight excluding hydrogens is 324 g/mol. The normalized spacial score (nSPS) is 10.8. The van der Waals surface area contributed by atoms with Gasteiger partial charge >= 0.3 is 5.69 Å². The molecule has 0 saturated heterocycles. The average molecular weight is 347 g/mol. The molecule has 1 aromatic heterocycles. The average Bonchev–Trinajstić information content (AvgIpc) is 2.40. The fraction of sp³-hybridized carbons (Fsp3) is 0.714. The minimum Gasteiger partial charge on any atom is -0.299 e. The van der Waals surface area contributed by atoms with Crippen LogP contribution in [0.25, 0.3) is 0 Å². The van der Waals surface area contributed by atoms with Crippen molar-refractivity contribution in [2.45, 2.75) is 63.3 Å². The van der Waals surface area contributed by atoms with Crippen molar-refractivity contribution in [1.82, 2.24) is 9.97 Å². The highest BCUT2D eigenvalue weighted by Gasteiger charge is 2.02. The standard InChI is InChI=1S/C14H23BrN2OS/c1-2-3-4-5-6-7-8-9-10-19-13-12(15)11-16-14(18)17-13/h11H,2-10H2,1H3,(H,16,17,18). The SMILES string of the molecule is CCCCCCCCCCSc1[nH]c(=O)ncc1Br. The van der Waals surface area contributed by atoms with Crippen molar-refractivity contribution in [2.24, 2.45) is 0 Å². The highest BCUT2D eigenvalue weighted by molar-refractivity contribution is 9.10. The van der Waals surface area contributed by atoms with Crippen LogP contribution in [0.4, 0.5) is 0 Å². The van der Waals surface area contributed by atoms with E-state index in [2.05, 4.69) is 32.8 Å². The number of rotatable bonds is 10. The fourth-order valence-electron chi connectivity index (χ4n) is 1.88. The van der Waals surface area contributed by atoms with Crippen LogP contribution in [0, 0.1) is 0 Å². The van der Waals surface area contributed by atoms with Crippen molar-refractivity contribution >= 4 is 27.7 Å². The van der Waals surface area contributed by atoms with E-state index in [1.54, 1.807) is 18.0 Å². The number of nitrogens with zero attached hydrogens (tertiary/aromatic N) is 1. The van der Waals surface area contributed by atoms with E-state index < -0.39 is 0 Å². The number of thioether (sulfide) groups is 1. The van der Waals surface area contributed by atoms with E-state index in [0.29, 0.717) is 0 Å². The van der Waals surface area contributed by atoms with Crippen LogP contribution in [0.1, 0.15) is 58.3 Å². The number of aromatic amines is 1. The lowest BCUT2D eigenvalue weighted by atomic mass is 10.1. The molecule has 0 atom stereocenters. The summed E-state index contributed by atoms with van der Waals surface area (Å²) in [7, 11) is 0. The van der Waals surface area contributed by atoms with Gasteiger partial charge in [-0.2, -0.15) is 0 Å². The number of halogens is 1. The van der Waals surface area contributed by atoms with E-state index in [4.69, 9.17) is 0 Å². The van der Waals surface area contributed by atoms with Gasteiger partial charge in [-0.05, 0) is 28.1 Å². The zero-order valence-electron chi connectivity index (χ0n) is 11.6. The Kier molecular flexibility index (Phi) is 9.26. The first-order chi connectivity index (χ1) is 9.24. The third-order valence-electron chi connectivity index (χ3n) is 2.98. The van der Waals surface area contributed by atoms with Gasteiger partial charge in [0.25, 0.3) is 0 Å². The summed E-state index contributed by atoms with van der Waals surface area (Å²) < 4.78 is 0.872. The van der Waals surface area contributed by atoms with Gasteiger partial charge in [0, 0.05) is 6.20 Å². The van der Waals surface area contributed by atoms with Gasteiger partial charge in [0.2, 0.25) is 0 Å².